The zero-order valence-corrected chi connectivity index (χ0v) is 44.1. The lowest BCUT2D eigenvalue weighted by Gasteiger charge is -2.40. The van der Waals surface area contributed by atoms with E-state index >= 15 is 8.78 Å². The van der Waals surface area contributed by atoms with Crippen molar-refractivity contribution in [1.82, 2.24) is 44.1 Å². The Labute approximate surface area is 449 Å². The fraction of sp³-hybridized carbons (Fsp3) is 0.429. The fourth-order valence-electron chi connectivity index (χ4n) is 10.3. The summed E-state index contributed by atoms with van der Waals surface area (Å²) in [6.07, 6.45) is 21.4. The number of aromatic hydroxyl groups is 1. The molecule has 9 N–H and O–H groups in total. The Bertz CT molecular complexity index is 2830. The number of nitrogens with zero attached hydrogens (tertiary/aromatic N) is 11. The number of nitrogens with one attached hydrogen (secondary N) is 1. The number of phenols is 1. The third kappa shape index (κ3) is 14.9. The van der Waals surface area contributed by atoms with Gasteiger partial charge >= 0.3 is 0 Å². The van der Waals surface area contributed by atoms with Crippen molar-refractivity contribution >= 4 is 51.7 Å². The van der Waals surface area contributed by atoms with Crippen LogP contribution in [0.1, 0.15) is 68.8 Å². The van der Waals surface area contributed by atoms with Crippen LogP contribution in [0.15, 0.2) is 133 Å². The van der Waals surface area contributed by atoms with Crippen molar-refractivity contribution in [3.8, 4) is 5.75 Å². The Morgan fingerprint density at radius 1 is 0.896 bits per heavy atom. The molecule has 0 spiro atoms. The molecule has 19 nitrogen and oxygen atoms in total. The van der Waals surface area contributed by atoms with Crippen molar-refractivity contribution in [3.05, 3.63) is 135 Å². The number of benzene rings is 1. The van der Waals surface area contributed by atoms with Crippen LogP contribution in [0, 0.1) is 0 Å². The molecule has 4 aromatic rings. The summed E-state index contributed by atoms with van der Waals surface area (Å²) in [5, 5.41) is 25.5. The number of allylic oxidation sites excluding steroid dienone is 5. The molecule has 77 heavy (non-hydrogen) atoms. The van der Waals surface area contributed by atoms with E-state index in [4.69, 9.17) is 16.5 Å². The van der Waals surface area contributed by atoms with Crippen LogP contribution in [0.25, 0.3) is 11.0 Å². The summed E-state index contributed by atoms with van der Waals surface area (Å²) in [7, 11) is 1.71. The van der Waals surface area contributed by atoms with Crippen LogP contribution in [0.5, 0.6) is 5.75 Å². The maximum Gasteiger partial charge on any atom is 0.260 e. The van der Waals surface area contributed by atoms with Crippen molar-refractivity contribution in [2.45, 2.75) is 81.3 Å². The molecule has 0 aliphatic carbocycles. The number of imidazole rings is 1. The molecule has 4 aliphatic rings. The molecule has 0 radical (unpaired) electrons. The zero-order chi connectivity index (χ0) is 55.0. The van der Waals surface area contributed by atoms with Gasteiger partial charge in [0.25, 0.3) is 11.8 Å². The number of amides is 2. The van der Waals surface area contributed by atoms with Gasteiger partial charge in [0.05, 0.1) is 29.0 Å². The number of likely N-dealkylation sites (tertiary alicyclic amines) is 4. The number of rotatable bonds is 18. The van der Waals surface area contributed by atoms with Crippen LogP contribution in [-0.4, -0.2) is 167 Å². The number of fused-ring (bicyclic) bond motifs is 1. The number of halogens is 2. The number of aromatic nitrogens is 5. The Morgan fingerprint density at radius 3 is 2.13 bits per heavy atom. The SMILES string of the molecule is C=C/C=C\C(=NC)c1nc2cc(O)ccc2n1C1CCN(C(=O)C2(F)CCN(Cc3cnc(N)nc3)CC2)CC1.C=CN=C(C=C)C[NH2+]c1cccnc1NC1CCN(C(=O)C2(F)CCN(C/C(O)=C/C=C/N)CC2)CC1. The van der Waals surface area contributed by atoms with Crippen LogP contribution >= 0.6 is 0 Å². The summed E-state index contributed by atoms with van der Waals surface area (Å²) >= 11 is 0. The van der Waals surface area contributed by atoms with Gasteiger partial charge in [-0.05, 0) is 74.4 Å². The van der Waals surface area contributed by atoms with E-state index in [9.17, 15) is 19.8 Å². The van der Waals surface area contributed by atoms with Crippen LogP contribution in [0.3, 0.4) is 0 Å². The van der Waals surface area contributed by atoms with Crippen molar-refractivity contribution in [2.75, 3.05) is 83.5 Å². The Morgan fingerprint density at radius 2 is 1.53 bits per heavy atom. The van der Waals surface area contributed by atoms with Gasteiger partial charge in [-0.1, -0.05) is 31.9 Å². The molecule has 3 aromatic heterocycles. The number of piperidine rings is 4. The Kier molecular flexibility index (Phi) is 20.0. The van der Waals surface area contributed by atoms with E-state index in [2.05, 4.69) is 59.5 Å². The van der Waals surface area contributed by atoms with Crippen molar-refractivity contribution in [3.63, 3.8) is 0 Å². The molecule has 4 aliphatic heterocycles. The van der Waals surface area contributed by atoms with E-state index < -0.39 is 23.2 Å². The number of nitrogen functional groups attached to an aromatic ring is 1. The predicted molar refractivity (Wildman–Crippen MR) is 298 cm³/mol. The van der Waals surface area contributed by atoms with Gasteiger partial charge in [-0.25, -0.2) is 28.7 Å². The predicted octanol–water partition coefficient (Wildman–Crippen LogP) is 5.61. The van der Waals surface area contributed by atoms with E-state index in [0.717, 1.165) is 28.3 Å². The molecule has 4 fully saturated rings. The van der Waals surface area contributed by atoms with Gasteiger partial charge in [0, 0.05) is 146 Å². The van der Waals surface area contributed by atoms with Gasteiger partial charge in [0.15, 0.2) is 28.7 Å². The summed E-state index contributed by atoms with van der Waals surface area (Å²) in [5.74, 6) is 1.17. The smallest absolute Gasteiger partial charge is 0.260 e. The number of hydrogen-bond donors (Lipinski definition) is 6. The number of carbonyl (C=O) groups excluding carboxylic acids is 2. The van der Waals surface area contributed by atoms with Crippen molar-refractivity contribution in [2.24, 2.45) is 15.7 Å². The summed E-state index contributed by atoms with van der Waals surface area (Å²) in [4.78, 5) is 59.8. The minimum atomic E-state index is -1.86. The Hall–Kier alpha value is -7.62. The molecule has 410 valence electrons. The first-order valence-corrected chi connectivity index (χ1v) is 26.3. The number of nitrogens with two attached hydrogens (primary N) is 3. The molecule has 0 unspecified atom stereocenters. The number of aliphatic imine (C=N–C) groups is 2. The number of alkyl halides is 2. The molecule has 0 atom stereocenters. The largest absolute Gasteiger partial charge is 0.511 e. The minimum absolute atomic E-state index is 0.0435. The van der Waals surface area contributed by atoms with Crippen LogP contribution in [0.4, 0.5) is 26.2 Å². The minimum Gasteiger partial charge on any atom is -0.511 e. The molecule has 8 rings (SSSR count). The molecule has 4 saturated heterocycles. The van der Waals surface area contributed by atoms with Gasteiger partial charge in [-0.15, -0.1) is 0 Å². The summed E-state index contributed by atoms with van der Waals surface area (Å²) in [6.45, 7) is 16.4. The first-order chi connectivity index (χ1) is 37.2. The second kappa shape index (κ2) is 26.9. The maximum atomic E-state index is 15.9. The standard InChI is InChI=1S/C29H35FN8O2.C27H38FN7O2/c1-3-4-5-23(32-2)26-35-24-16-22(39)6-7-25(24)38(26)21-8-12-37(13-9-21)27(40)29(30)10-14-36(15-11-29)19-20-17-33-28(31)34-18-20;1-3-21(30-4-2)19-32-24-8-6-14-31-25(24)33-22-9-15-35(16-10-22)26(37)27(28)11-17-34(18-12-27)20-23(36)7-5-13-29/h3-7,16-18,21,39H,1,8-15,19H2,2H3,(H2,31,33,34);3-8,13-14,22,32,36H,1-2,9-12,15-20,29H2,(H,31,33)/p+1/b5-4-,32-23?;13-5+,23-7-,30-21?. The zero-order valence-electron chi connectivity index (χ0n) is 44.1. The molecule has 7 heterocycles. The second-order valence-corrected chi connectivity index (χ2v) is 19.7. The molecule has 0 bridgehead atoms. The van der Waals surface area contributed by atoms with E-state index in [-0.39, 0.29) is 55.2 Å². The van der Waals surface area contributed by atoms with Crippen LogP contribution < -0.4 is 22.1 Å². The maximum absolute atomic E-state index is 15.9. The van der Waals surface area contributed by atoms with E-state index in [1.807, 2.05) is 34.5 Å². The first kappa shape index (κ1) is 57.1. The highest BCUT2D eigenvalue weighted by Gasteiger charge is 2.46. The summed E-state index contributed by atoms with van der Waals surface area (Å²) in [5.41, 5.74) is 12.1. The third-order valence-corrected chi connectivity index (χ3v) is 14.6. The number of quaternary nitrogens is 1. The highest BCUT2D eigenvalue weighted by molar-refractivity contribution is 6.08. The monoisotopic (exact) mass is 1060 g/mol. The lowest BCUT2D eigenvalue weighted by Crippen LogP contribution is -2.80. The van der Waals surface area contributed by atoms with E-state index in [1.165, 1.54) is 18.5 Å². The highest BCUT2D eigenvalue weighted by atomic mass is 19.1. The molecule has 1 aromatic carbocycles. The van der Waals surface area contributed by atoms with E-state index in [0.29, 0.717) is 115 Å². The highest BCUT2D eigenvalue weighted by Crippen LogP contribution is 2.35. The molecule has 0 saturated carbocycles. The van der Waals surface area contributed by atoms with Gasteiger partial charge < -0.3 is 46.7 Å². The van der Waals surface area contributed by atoms with Crippen LogP contribution in [-0.2, 0) is 16.1 Å². The Balaban J connectivity index is 0.000000225. The number of hydrogen-bond acceptors (Lipinski definition) is 15. The average molecular weight is 1060 g/mol. The number of anilines is 2. The van der Waals surface area contributed by atoms with E-state index in [1.54, 1.807) is 71.9 Å². The number of aliphatic hydroxyl groups excluding tert-OH is 1. The number of aliphatic hydroxyl groups is 1. The summed E-state index contributed by atoms with van der Waals surface area (Å²) < 4.78 is 33.7. The van der Waals surface area contributed by atoms with Crippen molar-refractivity contribution in [1.29, 1.82) is 0 Å². The molecule has 21 heteroatoms. The number of carbonyl (C=O) groups is 2. The number of phenolic OH excluding ortho intramolecular Hbond substituents is 1. The lowest BCUT2D eigenvalue weighted by molar-refractivity contribution is -0.555. The van der Waals surface area contributed by atoms with Gasteiger partial charge in [0.1, 0.15) is 18.1 Å². The lowest BCUT2D eigenvalue weighted by atomic mass is 9.90. The van der Waals surface area contributed by atoms with Gasteiger partial charge in [-0.2, -0.15) is 0 Å². The van der Waals surface area contributed by atoms with Crippen LogP contribution in [0.2, 0.25) is 0 Å². The van der Waals surface area contributed by atoms with Gasteiger partial charge in [-0.3, -0.25) is 29.4 Å². The second-order valence-electron chi connectivity index (χ2n) is 19.7. The molecule has 2 amide bonds. The normalized spacial score (nSPS) is 19.3. The first-order valence-electron chi connectivity index (χ1n) is 26.3. The number of pyridine rings is 1. The topological polar surface area (TPSA) is 249 Å². The average Bonchev–Trinajstić information content (AvgIpc) is 3.84. The fourth-order valence-corrected chi connectivity index (χ4v) is 10.3. The summed E-state index contributed by atoms with van der Waals surface area (Å²) in [6, 6.07) is 9.19. The molecular formula is C56H74F2N15O4+. The van der Waals surface area contributed by atoms with Gasteiger partial charge in [0.2, 0.25) is 5.95 Å². The quantitative estimate of drug-likeness (QED) is 0.0403. The third-order valence-electron chi connectivity index (χ3n) is 14.6. The van der Waals surface area contributed by atoms with Crippen molar-refractivity contribution < 1.29 is 33.9 Å². The molecular weight excluding hydrogens is 985 g/mol.